The van der Waals surface area contributed by atoms with Gasteiger partial charge < -0.3 is 0 Å². The number of aryl methyl sites for hydroxylation is 2. The number of hydrogen-bond donors (Lipinski definition) is 0. The normalized spacial score (nSPS) is 12.1. The molecule has 0 unspecified atom stereocenters. The van der Waals surface area contributed by atoms with Crippen LogP contribution in [-0.4, -0.2) is 8.42 Å². The van der Waals surface area contributed by atoms with Crippen LogP contribution in [0.15, 0.2) is 46.2 Å². The zero-order valence-corrected chi connectivity index (χ0v) is 24.6. The number of halogens is 4. The van der Waals surface area contributed by atoms with Gasteiger partial charge in [-0.15, -0.1) is 0 Å². The molecule has 0 atom stereocenters. The smallest absolute Gasteiger partial charge is 0.207 e. The van der Waals surface area contributed by atoms with Crippen molar-refractivity contribution in [3.05, 3.63) is 58.7 Å². The highest BCUT2D eigenvalue weighted by molar-refractivity contribution is 14.2. The van der Waals surface area contributed by atoms with E-state index < -0.39 is 9.84 Å². The van der Waals surface area contributed by atoms with Crippen LogP contribution in [0, 0.1) is 0 Å². The van der Waals surface area contributed by atoms with E-state index in [4.69, 9.17) is 0 Å². The molecule has 2 rings (SSSR count). The largest absolute Gasteiger partial charge is 0.218 e. The molecule has 0 radical (unpaired) electrons. The fourth-order valence-electron chi connectivity index (χ4n) is 3.03. The lowest BCUT2D eigenvalue weighted by atomic mass is 10.1. The first-order valence-electron chi connectivity index (χ1n) is 8.79. The van der Waals surface area contributed by atoms with E-state index in [0.717, 1.165) is 36.8 Å². The molecule has 0 aliphatic carbocycles. The topological polar surface area (TPSA) is 34.1 Å². The lowest BCUT2D eigenvalue weighted by molar-refractivity contribution is 0.594. The summed E-state index contributed by atoms with van der Waals surface area (Å²) in [6, 6.07) is 11.7. The van der Waals surface area contributed by atoms with Crippen LogP contribution in [0.2, 0.25) is 0 Å². The van der Waals surface area contributed by atoms with Crippen LogP contribution < -0.4 is 0 Å². The predicted octanol–water partition coefficient (Wildman–Crippen LogP) is 8.16. The van der Waals surface area contributed by atoms with E-state index in [9.17, 15) is 8.42 Å². The van der Waals surface area contributed by atoms with Crippen molar-refractivity contribution in [3.63, 3.8) is 0 Å². The molecule has 0 aromatic heterocycles. The van der Waals surface area contributed by atoms with Gasteiger partial charge in [0.2, 0.25) is 9.84 Å². The zero-order chi connectivity index (χ0) is 20.2. The number of benzene rings is 2. The number of alkyl halides is 4. The van der Waals surface area contributed by atoms with Gasteiger partial charge in [-0.05, 0) is 47.2 Å². The summed E-state index contributed by atoms with van der Waals surface area (Å²) < 4.78 is 27.4. The van der Waals surface area contributed by atoms with Crippen molar-refractivity contribution in [3.8, 4) is 0 Å². The molecule has 0 amide bonds. The van der Waals surface area contributed by atoms with Gasteiger partial charge in [-0.1, -0.05) is 141 Å². The molecule has 0 aliphatic rings. The molecule has 2 aromatic carbocycles. The monoisotopic (exact) mass is 834 g/mol. The van der Waals surface area contributed by atoms with Gasteiger partial charge in [0.1, 0.15) is 0 Å². The van der Waals surface area contributed by atoms with E-state index in [0.29, 0.717) is 9.79 Å². The fraction of sp³-hybridized carbons (Fsp3) is 0.400. The average Bonchev–Trinajstić information content (AvgIpc) is 2.61. The van der Waals surface area contributed by atoms with E-state index in [1.165, 1.54) is 11.1 Å². The lowest BCUT2D eigenvalue weighted by Gasteiger charge is -2.17. The Bertz CT molecular complexity index is 825. The molecule has 148 valence electrons. The lowest BCUT2D eigenvalue weighted by Crippen LogP contribution is -2.09. The molecular formula is C20H22I4O2S. The summed E-state index contributed by atoms with van der Waals surface area (Å²) in [6.45, 7) is 4.28. The first-order valence-corrected chi connectivity index (χ1v) is 15.3. The SMILES string of the molecule is CCCc1ccc(S(=O)(=O)c2ccc(CCC)cc2C(I)I)c(C(I)I)c1. The van der Waals surface area contributed by atoms with Gasteiger partial charge in [0, 0.05) is 0 Å². The molecule has 0 saturated heterocycles. The quantitative estimate of drug-likeness (QED) is 0.199. The van der Waals surface area contributed by atoms with E-state index in [-0.39, 0.29) is 3.86 Å². The second-order valence-electron chi connectivity index (χ2n) is 6.35. The van der Waals surface area contributed by atoms with Gasteiger partial charge in [-0.25, -0.2) is 8.42 Å². The second kappa shape index (κ2) is 11.1. The summed E-state index contributed by atoms with van der Waals surface area (Å²) in [6.07, 6.45) is 4.03. The molecular weight excluding hydrogens is 812 g/mol. The molecule has 0 saturated carbocycles. The summed E-state index contributed by atoms with van der Waals surface area (Å²) >= 11 is 9.18. The van der Waals surface area contributed by atoms with Gasteiger partial charge in [0.15, 0.2) is 0 Å². The number of hydrogen-bond acceptors (Lipinski definition) is 2. The van der Waals surface area contributed by atoms with Crippen molar-refractivity contribution in [2.45, 2.75) is 53.2 Å². The van der Waals surface area contributed by atoms with Crippen LogP contribution >= 0.6 is 90.4 Å². The molecule has 27 heavy (non-hydrogen) atoms. The first-order chi connectivity index (χ1) is 12.7. The van der Waals surface area contributed by atoms with E-state index >= 15 is 0 Å². The van der Waals surface area contributed by atoms with Crippen LogP contribution in [0.1, 0.15) is 52.8 Å². The van der Waals surface area contributed by atoms with Gasteiger partial charge >= 0.3 is 0 Å². The third-order valence-electron chi connectivity index (χ3n) is 4.27. The Hall–Kier alpha value is 1.31. The van der Waals surface area contributed by atoms with Crippen LogP contribution in [-0.2, 0) is 22.7 Å². The molecule has 2 nitrogen and oxygen atoms in total. The molecule has 0 spiro atoms. The molecule has 0 N–H and O–H groups in total. The van der Waals surface area contributed by atoms with Crippen molar-refractivity contribution in [2.24, 2.45) is 0 Å². The van der Waals surface area contributed by atoms with Gasteiger partial charge in [0.05, 0.1) is 13.7 Å². The van der Waals surface area contributed by atoms with E-state index in [1.54, 1.807) is 12.1 Å². The van der Waals surface area contributed by atoms with Gasteiger partial charge in [0.25, 0.3) is 0 Å². The fourth-order valence-corrected chi connectivity index (χ4v) is 7.65. The minimum atomic E-state index is -3.57. The van der Waals surface area contributed by atoms with Crippen LogP contribution in [0.3, 0.4) is 0 Å². The Morgan fingerprint density at radius 1 is 0.741 bits per heavy atom. The summed E-state index contributed by atoms with van der Waals surface area (Å²) in [5.74, 6) is 0. The van der Waals surface area contributed by atoms with Crippen molar-refractivity contribution in [1.29, 1.82) is 0 Å². The maximum atomic E-state index is 13.6. The molecule has 0 bridgehead atoms. The average molecular weight is 834 g/mol. The standard InChI is InChI=1S/C20H22I4O2S/c1-3-5-13-7-9-17(15(11-13)19(21)22)27(25,26)18-10-8-14(6-4-2)12-16(18)20(23)24/h7-12,19-20H,3-6H2,1-2H3. The zero-order valence-electron chi connectivity index (χ0n) is 15.2. The van der Waals surface area contributed by atoms with Crippen molar-refractivity contribution < 1.29 is 8.42 Å². The van der Waals surface area contributed by atoms with E-state index in [1.807, 2.05) is 12.1 Å². The van der Waals surface area contributed by atoms with Crippen LogP contribution in [0.25, 0.3) is 0 Å². The summed E-state index contributed by atoms with van der Waals surface area (Å²) in [5.41, 5.74) is 4.18. The molecule has 7 heteroatoms. The maximum Gasteiger partial charge on any atom is 0.207 e. The van der Waals surface area contributed by atoms with Crippen molar-refractivity contribution in [1.82, 2.24) is 0 Å². The Balaban J connectivity index is 2.65. The van der Waals surface area contributed by atoms with E-state index in [2.05, 4.69) is 116 Å². The summed E-state index contributed by atoms with van der Waals surface area (Å²) in [4.78, 5) is 0.878. The number of sulfone groups is 1. The molecule has 0 heterocycles. The van der Waals surface area contributed by atoms with Crippen molar-refractivity contribution in [2.75, 3.05) is 0 Å². The molecule has 0 fully saturated rings. The minimum Gasteiger partial charge on any atom is -0.218 e. The third-order valence-corrected chi connectivity index (χ3v) is 8.86. The van der Waals surface area contributed by atoms with Crippen LogP contribution in [0.5, 0.6) is 0 Å². The van der Waals surface area contributed by atoms with Crippen LogP contribution in [0.4, 0.5) is 0 Å². The Kier molecular flexibility index (Phi) is 10.1. The number of rotatable bonds is 8. The third kappa shape index (κ3) is 6.16. The minimum absolute atomic E-state index is 0.0968. The molecule has 2 aromatic rings. The van der Waals surface area contributed by atoms with Crippen molar-refractivity contribution >= 4 is 100 Å². The molecule has 0 aliphatic heterocycles. The highest BCUT2D eigenvalue weighted by Gasteiger charge is 2.27. The predicted molar refractivity (Wildman–Crippen MR) is 148 cm³/mol. The first kappa shape index (κ1) is 24.6. The second-order valence-corrected chi connectivity index (χ2v) is 18.0. The summed E-state index contributed by atoms with van der Waals surface area (Å²) in [5, 5.41) is 0. The Morgan fingerprint density at radius 2 is 1.11 bits per heavy atom. The Labute approximate surface area is 217 Å². The van der Waals surface area contributed by atoms with Gasteiger partial charge in [-0.3, -0.25) is 0 Å². The Morgan fingerprint density at radius 3 is 1.41 bits per heavy atom. The summed E-state index contributed by atoms with van der Waals surface area (Å²) in [7, 11) is -3.57. The highest BCUT2D eigenvalue weighted by atomic mass is 127. The van der Waals surface area contributed by atoms with Gasteiger partial charge in [-0.2, -0.15) is 0 Å². The maximum absolute atomic E-state index is 13.6. The highest BCUT2D eigenvalue weighted by Crippen LogP contribution is 2.41.